The molecule has 0 aromatic carbocycles. The van der Waals surface area contributed by atoms with Crippen LogP contribution in [0.1, 0.15) is 188 Å². The fraction of sp³-hybridized carbons (Fsp3) is 0.947. The van der Waals surface area contributed by atoms with Crippen molar-refractivity contribution in [2.75, 3.05) is 32.8 Å². The number of aliphatic hydroxyl groups is 1. The summed E-state index contributed by atoms with van der Waals surface area (Å²) in [6.07, 6.45) is 27.9. The molecule has 0 saturated heterocycles. The van der Waals surface area contributed by atoms with Gasteiger partial charge in [0.25, 0.3) is 0 Å². The highest BCUT2D eigenvalue weighted by Crippen LogP contribution is 2.20. The van der Waals surface area contributed by atoms with E-state index >= 15 is 0 Å². The highest BCUT2D eigenvalue weighted by atomic mass is 16.5. The van der Waals surface area contributed by atoms with Crippen LogP contribution in [0, 0.1) is 5.92 Å². The Morgan fingerprint density at radius 2 is 1.09 bits per heavy atom. The van der Waals surface area contributed by atoms with Crippen molar-refractivity contribution >= 4 is 11.9 Å². The monoisotopic (exact) mass is 626 g/mol. The third-order valence-corrected chi connectivity index (χ3v) is 8.83. The number of unbranched alkanes of at least 4 members (excludes halogenated alkanes) is 16. The molecule has 0 heterocycles. The van der Waals surface area contributed by atoms with Crippen LogP contribution >= 0.6 is 0 Å². The summed E-state index contributed by atoms with van der Waals surface area (Å²) in [4.78, 5) is 27.1. The van der Waals surface area contributed by atoms with E-state index in [2.05, 4.69) is 25.7 Å². The van der Waals surface area contributed by atoms with Gasteiger partial charge >= 0.3 is 11.9 Å². The Labute approximate surface area is 273 Å². The lowest BCUT2D eigenvalue weighted by molar-refractivity contribution is -0.150. The largest absolute Gasteiger partial charge is 0.465 e. The van der Waals surface area contributed by atoms with E-state index in [-0.39, 0.29) is 30.6 Å². The average molecular weight is 626 g/mol. The van der Waals surface area contributed by atoms with Gasteiger partial charge in [0.05, 0.1) is 25.2 Å². The molecule has 44 heavy (non-hydrogen) atoms. The molecule has 2 unspecified atom stereocenters. The Morgan fingerprint density at radius 3 is 1.68 bits per heavy atom. The summed E-state index contributed by atoms with van der Waals surface area (Å²) in [5, 5.41) is 9.48. The average Bonchev–Trinajstić information content (AvgIpc) is 3.01. The molecule has 6 nitrogen and oxygen atoms in total. The summed E-state index contributed by atoms with van der Waals surface area (Å²) in [6.45, 7) is 12.2. The Hall–Kier alpha value is -1.14. The topological polar surface area (TPSA) is 76.1 Å². The lowest BCUT2D eigenvalue weighted by atomic mass is 9.94. The van der Waals surface area contributed by atoms with Crippen LogP contribution in [0.2, 0.25) is 0 Å². The summed E-state index contributed by atoms with van der Waals surface area (Å²) in [7, 11) is 0. The molecule has 0 spiro atoms. The van der Waals surface area contributed by atoms with Crippen LogP contribution < -0.4 is 0 Å². The molecule has 262 valence electrons. The molecule has 0 aliphatic heterocycles. The Bertz CT molecular complexity index is 628. The summed E-state index contributed by atoms with van der Waals surface area (Å²) in [6, 6.07) is 0. The molecule has 2 atom stereocenters. The van der Waals surface area contributed by atoms with Crippen LogP contribution in [-0.2, 0) is 19.1 Å². The predicted molar refractivity (Wildman–Crippen MR) is 186 cm³/mol. The van der Waals surface area contributed by atoms with Gasteiger partial charge < -0.3 is 19.5 Å². The maximum Gasteiger partial charge on any atom is 0.308 e. The fourth-order valence-electron chi connectivity index (χ4n) is 5.90. The lowest BCUT2D eigenvalue weighted by Gasteiger charge is -2.21. The first-order valence-corrected chi connectivity index (χ1v) is 19.2. The molecule has 0 aromatic heterocycles. The van der Waals surface area contributed by atoms with Crippen LogP contribution in [0.5, 0.6) is 0 Å². The maximum absolute atomic E-state index is 12.8. The number of hydrogen-bond acceptors (Lipinski definition) is 6. The van der Waals surface area contributed by atoms with Gasteiger partial charge in [0, 0.05) is 13.0 Å². The predicted octanol–water partition coefficient (Wildman–Crippen LogP) is 10.2. The van der Waals surface area contributed by atoms with Gasteiger partial charge in [-0.05, 0) is 65.0 Å². The van der Waals surface area contributed by atoms with E-state index in [9.17, 15) is 14.7 Å². The second kappa shape index (κ2) is 33.2. The van der Waals surface area contributed by atoms with Gasteiger partial charge in [-0.2, -0.15) is 0 Å². The molecule has 0 radical (unpaired) electrons. The van der Waals surface area contributed by atoms with Crippen molar-refractivity contribution in [3.8, 4) is 0 Å². The van der Waals surface area contributed by atoms with Gasteiger partial charge in [-0.1, -0.05) is 130 Å². The number of aliphatic hydroxyl groups excluding tert-OH is 1. The molecular weight excluding hydrogens is 550 g/mol. The van der Waals surface area contributed by atoms with E-state index in [1.54, 1.807) is 0 Å². The van der Waals surface area contributed by atoms with E-state index in [1.165, 1.54) is 64.2 Å². The van der Waals surface area contributed by atoms with Crippen molar-refractivity contribution < 1.29 is 24.2 Å². The van der Waals surface area contributed by atoms with Crippen molar-refractivity contribution in [1.29, 1.82) is 0 Å². The number of carbonyl (C=O) groups excluding carboxylic acids is 2. The van der Waals surface area contributed by atoms with Crippen molar-refractivity contribution in [2.24, 2.45) is 5.92 Å². The van der Waals surface area contributed by atoms with Crippen LogP contribution in [0.25, 0.3) is 0 Å². The minimum absolute atomic E-state index is 0.0435. The quantitative estimate of drug-likeness (QED) is 0.0566. The second-order valence-corrected chi connectivity index (χ2v) is 13.2. The summed E-state index contributed by atoms with van der Waals surface area (Å²) in [5.74, 6) is 0.0967. The first-order valence-electron chi connectivity index (χ1n) is 19.2. The number of esters is 2. The molecule has 0 bridgehead atoms. The van der Waals surface area contributed by atoms with Crippen molar-refractivity contribution in [3.63, 3.8) is 0 Å². The van der Waals surface area contributed by atoms with Gasteiger partial charge in [-0.3, -0.25) is 9.59 Å². The standard InChI is InChI=1S/C38H75NO5/c1-5-8-11-15-21-28-36(27-20-12-9-6-2)38(42)43-34-25-19-14-18-24-31-39(32-33-40)30-23-17-13-16-22-29-37(41)44-35(4)26-10-7-3/h35-36,40H,5-34H2,1-4H3. The third kappa shape index (κ3) is 28.3. The number of nitrogens with zero attached hydrogens (tertiary/aromatic N) is 1. The van der Waals surface area contributed by atoms with Gasteiger partial charge in [-0.15, -0.1) is 0 Å². The zero-order valence-electron chi connectivity index (χ0n) is 29.9. The van der Waals surface area contributed by atoms with E-state index < -0.39 is 0 Å². The van der Waals surface area contributed by atoms with Crippen molar-refractivity contribution in [1.82, 2.24) is 4.90 Å². The number of rotatable bonds is 34. The third-order valence-electron chi connectivity index (χ3n) is 8.83. The SMILES string of the molecule is CCCCCCCC(CCCCCC)C(=O)OCCCCCCCN(CCO)CCCCCCCC(=O)OC(C)CCCC. The van der Waals surface area contributed by atoms with E-state index in [0.717, 1.165) is 110 Å². The van der Waals surface area contributed by atoms with Gasteiger partial charge in [0.15, 0.2) is 0 Å². The first-order chi connectivity index (χ1) is 21.5. The Kier molecular flexibility index (Phi) is 32.4. The van der Waals surface area contributed by atoms with E-state index in [1.807, 2.05) is 6.92 Å². The summed E-state index contributed by atoms with van der Waals surface area (Å²) in [5.41, 5.74) is 0. The molecule has 6 heteroatoms. The van der Waals surface area contributed by atoms with Crippen LogP contribution in [0.3, 0.4) is 0 Å². The smallest absolute Gasteiger partial charge is 0.308 e. The zero-order valence-corrected chi connectivity index (χ0v) is 29.9. The van der Waals surface area contributed by atoms with E-state index in [4.69, 9.17) is 9.47 Å². The van der Waals surface area contributed by atoms with E-state index in [0.29, 0.717) is 13.0 Å². The minimum atomic E-state index is -0.0472. The minimum Gasteiger partial charge on any atom is -0.465 e. The molecule has 1 N–H and O–H groups in total. The number of carbonyl (C=O) groups is 2. The molecule has 0 aromatic rings. The van der Waals surface area contributed by atoms with Crippen LogP contribution in [0.4, 0.5) is 0 Å². The Morgan fingerprint density at radius 1 is 0.591 bits per heavy atom. The summed E-state index contributed by atoms with van der Waals surface area (Å²) < 4.78 is 11.2. The molecule has 0 rings (SSSR count). The molecule has 0 amide bonds. The van der Waals surface area contributed by atoms with Gasteiger partial charge in [0.2, 0.25) is 0 Å². The number of hydrogen-bond donors (Lipinski definition) is 1. The van der Waals surface area contributed by atoms with Crippen molar-refractivity contribution in [3.05, 3.63) is 0 Å². The molecule has 0 aliphatic rings. The molecule has 0 aliphatic carbocycles. The fourth-order valence-corrected chi connectivity index (χ4v) is 5.90. The van der Waals surface area contributed by atoms with Crippen molar-refractivity contribution in [2.45, 2.75) is 194 Å². The second-order valence-electron chi connectivity index (χ2n) is 13.2. The maximum atomic E-state index is 12.8. The molecular formula is C38H75NO5. The normalized spacial score (nSPS) is 12.9. The zero-order chi connectivity index (χ0) is 32.5. The highest BCUT2D eigenvalue weighted by molar-refractivity contribution is 5.72. The Balaban J connectivity index is 3.94. The summed E-state index contributed by atoms with van der Waals surface area (Å²) >= 11 is 0. The molecule has 0 fully saturated rings. The van der Waals surface area contributed by atoms with Crippen LogP contribution in [-0.4, -0.2) is 60.9 Å². The highest BCUT2D eigenvalue weighted by Gasteiger charge is 2.19. The van der Waals surface area contributed by atoms with Gasteiger partial charge in [0.1, 0.15) is 0 Å². The lowest BCUT2D eigenvalue weighted by Crippen LogP contribution is -2.29. The van der Waals surface area contributed by atoms with Gasteiger partial charge in [-0.25, -0.2) is 0 Å². The van der Waals surface area contributed by atoms with Crippen LogP contribution in [0.15, 0.2) is 0 Å². The first kappa shape index (κ1) is 42.9. The molecule has 0 saturated carbocycles. The number of ether oxygens (including phenoxy) is 2.